The van der Waals surface area contributed by atoms with E-state index in [0.29, 0.717) is 17.3 Å². The summed E-state index contributed by atoms with van der Waals surface area (Å²) in [5.74, 6) is -0.421. The van der Waals surface area contributed by atoms with Crippen LogP contribution in [0, 0.1) is 12.7 Å². The third kappa shape index (κ3) is 3.98. The van der Waals surface area contributed by atoms with E-state index in [1.54, 1.807) is 24.0 Å². The second-order valence-electron chi connectivity index (χ2n) is 5.55. The molecule has 6 heteroatoms. The number of amides is 1. The van der Waals surface area contributed by atoms with E-state index >= 15 is 0 Å². The van der Waals surface area contributed by atoms with E-state index in [1.807, 2.05) is 37.4 Å². The van der Waals surface area contributed by atoms with Gasteiger partial charge in [-0.3, -0.25) is 4.79 Å². The predicted octanol–water partition coefficient (Wildman–Crippen LogP) is 3.94. The molecule has 3 aromatic rings. The number of halogens is 1. The van der Waals surface area contributed by atoms with E-state index in [0.717, 1.165) is 5.69 Å². The Morgan fingerprint density at radius 1 is 1.04 bits per heavy atom. The number of hydrogen-bond acceptors (Lipinski definition) is 4. The molecule has 0 spiro atoms. The fraction of sp³-hybridized carbons (Fsp3) is 0.105. The summed E-state index contributed by atoms with van der Waals surface area (Å²) >= 11 is 0. The van der Waals surface area contributed by atoms with Gasteiger partial charge in [-0.05, 0) is 43.3 Å². The molecule has 3 rings (SSSR count). The molecule has 0 fully saturated rings. The molecule has 0 atom stereocenters. The number of anilines is 3. The normalized spacial score (nSPS) is 10.4. The zero-order valence-corrected chi connectivity index (χ0v) is 13.9. The van der Waals surface area contributed by atoms with E-state index in [1.165, 1.54) is 18.2 Å². The molecule has 0 aliphatic carbocycles. The Kier molecular flexibility index (Phi) is 4.70. The number of rotatable bonds is 4. The number of nitrogens with zero attached hydrogens (tertiary/aromatic N) is 3. The van der Waals surface area contributed by atoms with E-state index < -0.39 is 11.7 Å². The number of nitrogens with one attached hydrogen (secondary N) is 1. The van der Waals surface area contributed by atoms with Crippen LogP contribution in [0.25, 0.3) is 0 Å². The van der Waals surface area contributed by atoms with Crippen LogP contribution in [-0.2, 0) is 0 Å². The van der Waals surface area contributed by atoms with Gasteiger partial charge in [-0.1, -0.05) is 24.3 Å². The number of carbonyl (C=O) groups excluding carboxylic acids is 1. The summed E-state index contributed by atoms with van der Waals surface area (Å²) in [6.45, 7) is 1.79. The Hall–Kier alpha value is -3.28. The maximum Gasteiger partial charge on any atom is 0.274 e. The number of benzene rings is 2. The van der Waals surface area contributed by atoms with Crippen LogP contribution in [0.15, 0.2) is 60.7 Å². The van der Waals surface area contributed by atoms with E-state index in [-0.39, 0.29) is 5.69 Å². The van der Waals surface area contributed by atoms with Crippen LogP contribution >= 0.6 is 0 Å². The quantitative estimate of drug-likeness (QED) is 0.784. The molecule has 0 aliphatic heterocycles. The number of para-hydroxylation sites is 1. The number of aryl methyl sites for hydroxylation is 1. The molecule has 1 heterocycles. The molecule has 2 aromatic carbocycles. The first-order valence-corrected chi connectivity index (χ1v) is 7.74. The van der Waals surface area contributed by atoms with Gasteiger partial charge in [-0.2, -0.15) is 0 Å². The van der Waals surface area contributed by atoms with Gasteiger partial charge in [0.1, 0.15) is 11.5 Å². The molecule has 1 aromatic heterocycles. The van der Waals surface area contributed by atoms with Gasteiger partial charge in [-0.25, -0.2) is 14.4 Å². The Bertz CT molecular complexity index is 899. The number of aromatic nitrogens is 2. The standard InChI is InChI=1S/C19H17FN4O/c1-13-11-17(18(25)22-15-8-6-7-14(20)12-15)23-19(21-13)24(2)16-9-4-3-5-10-16/h3-12H,1-2H3,(H,22,25). The molecule has 25 heavy (non-hydrogen) atoms. The minimum absolute atomic E-state index is 0.217. The first-order chi connectivity index (χ1) is 12.0. The summed E-state index contributed by atoms with van der Waals surface area (Å²) < 4.78 is 13.3. The molecular weight excluding hydrogens is 319 g/mol. The average molecular weight is 336 g/mol. The predicted molar refractivity (Wildman–Crippen MR) is 95.6 cm³/mol. The van der Waals surface area contributed by atoms with Crippen molar-refractivity contribution in [3.05, 3.63) is 77.9 Å². The molecule has 0 aliphatic rings. The van der Waals surface area contributed by atoms with Crippen LogP contribution in [0.1, 0.15) is 16.2 Å². The fourth-order valence-corrected chi connectivity index (χ4v) is 2.35. The van der Waals surface area contributed by atoms with Gasteiger partial charge >= 0.3 is 0 Å². The Morgan fingerprint density at radius 2 is 1.80 bits per heavy atom. The fourth-order valence-electron chi connectivity index (χ4n) is 2.35. The van der Waals surface area contributed by atoms with Crippen molar-refractivity contribution in [2.75, 3.05) is 17.3 Å². The summed E-state index contributed by atoms with van der Waals surface area (Å²) in [5.41, 5.74) is 2.16. The highest BCUT2D eigenvalue weighted by Crippen LogP contribution is 2.20. The van der Waals surface area contributed by atoms with Crippen molar-refractivity contribution in [1.29, 1.82) is 0 Å². The molecule has 0 unspecified atom stereocenters. The maximum atomic E-state index is 13.3. The molecule has 5 nitrogen and oxygen atoms in total. The smallest absolute Gasteiger partial charge is 0.274 e. The third-order valence-electron chi connectivity index (χ3n) is 3.60. The zero-order chi connectivity index (χ0) is 17.8. The summed E-state index contributed by atoms with van der Waals surface area (Å²) in [7, 11) is 1.83. The van der Waals surface area contributed by atoms with Crippen LogP contribution in [0.2, 0.25) is 0 Å². The summed E-state index contributed by atoms with van der Waals surface area (Å²) in [6, 6.07) is 16.9. The highest BCUT2D eigenvalue weighted by molar-refractivity contribution is 6.03. The van der Waals surface area contributed by atoms with Crippen molar-refractivity contribution in [3.8, 4) is 0 Å². The van der Waals surface area contributed by atoms with Crippen LogP contribution in [0.3, 0.4) is 0 Å². The monoisotopic (exact) mass is 336 g/mol. The van der Waals surface area contributed by atoms with Crippen molar-refractivity contribution in [3.63, 3.8) is 0 Å². The Balaban J connectivity index is 1.87. The second-order valence-corrected chi connectivity index (χ2v) is 5.55. The van der Waals surface area contributed by atoms with Gasteiger partial charge < -0.3 is 10.2 Å². The molecule has 0 saturated heterocycles. The van der Waals surface area contributed by atoms with Gasteiger partial charge in [0.2, 0.25) is 5.95 Å². The Labute approximate surface area is 145 Å². The molecule has 126 valence electrons. The van der Waals surface area contributed by atoms with Crippen LogP contribution in [-0.4, -0.2) is 22.9 Å². The Morgan fingerprint density at radius 3 is 2.52 bits per heavy atom. The van der Waals surface area contributed by atoms with E-state index in [9.17, 15) is 9.18 Å². The SMILES string of the molecule is Cc1cc(C(=O)Nc2cccc(F)c2)nc(N(C)c2ccccc2)n1. The summed E-state index contributed by atoms with van der Waals surface area (Å²) in [4.78, 5) is 23.0. The van der Waals surface area contributed by atoms with Crippen molar-refractivity contribution >= 4 is 23.2 Å². The molecular formula is C19H17FN4O. The highest BCUT2D eigenvalue weighted by atomic mass is 19.1. The topological polar surface area (TPSA) is 58.1 Å². The lowest BCUT2D eigenvalue weighted by molar-refractivity contribution is 0.102. The van der Waals surface area contributed by atoms with Crippen molar-refractivity contribution in [2.24, 2.45) is 0 Å². The van der Waals surface area contributed by atoms with Gasteiger partial charge in [0.05, 0.1) is 0 Å². The summed E-state index contributed by atoms with van der Waals surface area (Å²) in [6.07, 6.45) is 0. The van der Waals surface area contributed by atoms with Crippen LogP contribution in [0.5, 0.6) is 0 Å². The van der Waals surface area contributed by atoms with Gasteiger partial charge in [-0.15, -0.1) is 0 Å². The largest absolute Gasteiger partial charge is 0.321 e. The third-order valence-corrected chi connectivity index (χ3v) is 3.60. The minimum Gasteiger partial charge on any atom is -0.321 e. The van der Waals surface area contributed by atoms with E-state index in [2.05, 4.69) is 15.3 Å². The lowest BCUT2D eigenvalue weighted by Gasteiger charge is -2.18. The highest BCUT2D eigenvalue weighted by Gasteiger charge is 2.14. The van der Waals surface area contributed by atoms with Crippen LogP contribution < -0.4 is 10.2 Å². The lowest BCUT2D eigenvalue weighted by Crippen LogP contribution is -2.19. The maximum absolute atomic E-state index is 13.3. The molecule has 0 saturated carbocycles. The second kappa shape index (κ2) is 7.09. The average Bonchev–Trinajstić information content (AvgIpc) is 2.61. The van der Waals surface area contributed by atoms with Crippen molar-refractivity contribution in [2.45, 2.75) is 6.92 Å². The molecule has 0 radical (unpaired) electrons. The number of hydrogen-bond donors (Lipinski definition) is 1. The van der Waals surface area contributed by atoms with Gasteiger partial charge in [0, 0.05) is 24.1 Å². The van der Waals surface area contributed by atoms with E-state index in [4.69, 9.17) is 0 Å². The molecule has 0 bridgehead atoms. The van der Waals surface area contributed by atoms with Gasteiger partial charge in [0.15, 0.2) is 0 Å². The molecule has 1 amide bonds. The van der Waals surface area contributed by atoms with Crippen molar-refractivity contribution < 1.29 is 9.18 Å². The lowest BCUT2D eigenvalue weighted by atomic mass is 10.2. The van der Waals surface area contributed by atoms with Crippen LogP contribution in [0.4, 0.5) is 21.7 Å². The first kappa shape index (κ1) is 16.6. The number of carbonyl (C=O) groups is 1. The van der Waals surface area contributed by atoms with Gasteiger partial charge in [0.25, 0.3) is 5.91 Å². The zero-order valence-electron chi connectivity index (χ0n) is 13.9. The minimum atomic E-state index is -0.418. The van der Waals surface area contributed by atoms with Crippen molar-refractivity contribution in [1.82, 2.24) is 9.97 Å². The summed E-state index contributed by atoms with van der Waals surface area (Å²) in [5, 5.41) is 2.64. The first-order valence-electron chi connectivity index (χ1n) is 7.74. The molecule has 1 N–H and O–H groups in total.